The lowest BCUT2D eigenvalue weighted by Crippen LogP contribution is -2.18. The molecule has 0 unspecified atom stereocenters. The minimum Gasteiger partial charge on any atom is -0.488 e. The van der Waals surface area contributed by atoms with E-state index in [1.54, 1.807) is 0 Å². The predicted octanol–water partition coefficient (Wildman–Crippen LogP) is 1.65. The Morgan fingerprint density at radius 2 is 2.45 bits per heavy atom. The molecule has 1 aliphatic heterocycles. The smallest absolute Gasteiger partial charge is 0.170 e. The number of hydrogen-bond acceptors (Lipinski definition) is 3. The molecule has 0 atom stereocenters. The summed E-state index contributed by atoms with van der Waals surface area (Å²) in [4.78, 5) is 4.19. The number of anilines is 1. The Hall–Kier alpha value is -0.770. The maximum atomic E-state index is 5.33. The van der Waals surface area contributed by atoms with Crippen LogP contribution in [0.15, 0.2) is 16.7 Å². The zero-order valence-electron chi connectivity index (χ0n) is 5.80. The minimum atomic E-state index is 0.719. The maximum absolute atomic E-state index is 5.33. The van der Waals surface area contributed by atoms with Crippen LogP contribution in [0.3, 0.4) is 0 Å². The van der Waals surface area contributed by atoms with Crippen LogP contribution in [-0.4, -0.2) is 18.1 Å². The molecule has 2 heterocycles. The summed E-state index contributed by atoms with van der Waals surface area (Å²) < 4.78 is 6.16. The summed E-state index contributed by atoms with van der Waals surface area (Å²) in [6, 6.07) is 3.77. The third kappa shape index (κ3) is 1.30. The van der Waals surface area contributed by atoms with Gasteiger partial charge in [0.2, 0.25) is 0 Å². The van der Waals surface area contributed by atoms with Gasteiger partial charge in [0.15, 0.2) is 11.6 Å². The fraction of sp³-hybridized carbons (Fsp3) is 0.286. The first-order chi connectivity index (χ1) is 5.36. The van der Waals surface area contributed by atoms with Crippen LogP contribution in [0.4, 0.5) is 5.82 Å². The van der Waals surface area contributed by atoms with Gasteiger partial charge >= 0.3 is 0 Å². The van der Waals surface area contributed by atoms with Crippen molar-refractivity contribution < 1.29 is 4.74 Å². The second-order valence-electron chi connectivity index (χ2n) is 2.26. The molecule has 0 saturated heterocycles. The fourth-order valence-electron chi connectivity index (χ4n) is 0.996. The van der Waals surface area contributed by atoms with E-state index in [1.807, 2.05) is 12.1 Å². The van der Waals surface area contributed by atoms with Gasteiger partial charge in [-0.15, -0.1) is 0 Å². The highest BCUT2D eigenvalue weighted by Gasteiger charge is 2.09. The Morgan fingerprint density at radius 3 is 3.36 bits per heavy atom. The molecule has 3 nitrogen and oxygen atoms in total. The fourth-order valence-corrected chi connectivity index (χ4v) is 1.31. The van der Waals surface area contributed by atoms with E-state index in [0.717, 1.165) is 29.3 Å². The van der Waals surface area contributed by atoms with Gasteiger partial charge < -0.3 is 10.1 Å². The van der Waals surface area contributed by atoms with Crippen LogP contribution in [0.2, 0.25) is 0 Å². The Morgan fingerprint density at radius 1 is 1.55 bits per heavy atom. The molecule has 11 heavy (non-hydrogen) atoms. The molecule has 1 N–H and O–H groups in total. The average Bonchev–Trinajstić information content (AvgIpc) is 2.04. The van der Waals surface area contributed by atoms with Gasteiger partial charge in [0, 0.05) is 0 Å². The van der Waals surface area contributed by atoms with Crippen molar-refractivity contribution in [2.24, 2.45) is 0 Å². The van der Waals surface area contributed by atoms with E-state index in [-0.39, 0.29) is 0 Å². The molecule has 4 heteroatoms. The number of ether oxygens (including phenoxy) is 1. The Kier molecular flexibility index (Phi) is 1.69. The molecule has 1 aromatic rings. The van der Waals surface area contributed by atoms with E-state index in [9.17, 15) is 0 Å². The summed E-state index contributed by atoms with van der Waals surface area (Å²) in [6.45, 7) is 1.55. The topological polar surface area (TPSA) is 34.2 Å². The summed E-state index contributed by atoms with van der Waals surface area (Å²) in [6.07, 6.45) is 0. The highest BCUT2D eigenvalue weighted by atomic mass is 79.9. The summed E-state index contributed by atoms with van der Waals surface area (Å²) >= 11 is 3.28. The van der Waals surface area contributed by atoms with Gasteiger partial charge in [-0.2, -0.15) is 0 Å². The summed E-state index contributed by atoms with van der Waals surface area (Å²) in [5, 5.41) is 3.14. The predicted molar refractivity (Wildman–Crippen MR) is 45.9 cm³/mol. The molecular weight excluding hydrogens is 208 g/mol. The lowest BCUT2D eigenvalue weighted by molar-refractivity contribution is 0.321. The minimum absolute atomic E-state index is 0.719. The lowest BCUT2D eigenvalue weighted by Gasteiger charge is -2.17. The molecular formula is C7H7BrN2O. The van der Waals surface area contributed by atoms with Gasteiger partial charge in [-0.1, -0.05) is 0 Å². The van der Waals surface area contributed by atoms with Crippen molar-refractivity contribution in [2.45, 2.75) is 0 Å². The molecule has 0 radical (unpaired) electrons. The molecule has 0 fully saturated rings. The van der Waals surface area contributed by atoms with Crippen molar-refractivity contribution >= 4 is 21.7 Å². The number of nitrogens with zero attached hydrogens (tertiary/aromatic N) is 1. The van der Waals surface area contributed by atoms with Gasteiger partial charge in [-0.05, 0) is 28.1 Å². The average molecular weight is 215 g/mol. The van der Waals surface area contributed by atoms with Gasteiger partial charge in [0.25, 0.3) is 0 Å². The number of aromatic nitrogens is 1. The Bertz CT molecular complexity index is 277. The quantitative estimate of drug-likeness (QED) is 0.668. The van der Waals surface area contributed by atoms with Crippen molar-refractivity contribution in [3.05, 3.63) is 16.7 Å². The van der Waals surface area contributed by atoms with Crippen molar-refractivity contribution in [1.82, 2.24) is 4.98 Å². The van der Waals surface area contributed by atoms with Gasteiger partial charge in [-0.25, -0.2) is 4.98 Å². The van der Waals surface area contributed by atoms with Crippen molar-refractivity contribution in [1.29, 1.82) is 0 Å². The SMILES string of the molecule is Brc1ccc2c(n1)NCCO2. The van der Waals surface area contributed by atoms with E-state index in [2.05, 4.69) is 26.2 Å². The molecule has 2 rings (SSSR count). The zero-order chi connectivity index (χ0) is 7.68. The third-order valence-electron chi connectivity index (χ3n) is 1.48. The molecule has 0 aliphatic carbocycles. The summed E-state index contributed by atoms with van der Waals surface area (Å²) in [5.74, 6) is 1.66. The highest BCUT2D eigenvalue weighted by Crippen LogP contribution is 2.26. The molecule has 58 valence electrons. The molecule has 0 aromatic carbocycles. The summed E-state index contributed by atoms with van der Waals surface area (Å²) in [5.41, 5.74) is 0. The van der Waals surface area contributed by atoms with Crippen molar-refractivity contribution in [3.63, 3.8) is 0 Å². The maximum Gasteiger partial charge on any atom is 0.170 e. The van der Waals surface area contributed by atoms with E-state index in [0.29, 0.717) is 0 Å². The zero-order valence-corrected chi connectivity index (χ0v) is 7.39. The highest BCUT2D eigenvalue weighted by molar-refractivity contribution is 9.10. The molecule has 0 saturated carbocycles. The van der Waals surface area contributed by atoms with E-state index in [4.69, 9.17) is 4.74 Å². The normalized spacial score (nSPS) is 14.6. The third-order valence-corrected chi connectivity index (χ3v) is 1.92. The first kappa shape index (κ1) is 6.91. The van der Waals surface area contributed by atoms with Crippen molar-refractivity contribution in [3.8, 4) is 5.75 Å². The second kappa shape index (κ2) is 2.70. The van der Waals surface area contributed by atoms with Gasteiger partial charge in [-0.3, -0.25) is 0 Å². The van der Waals surface area contributed by atoms with Crippen LogP contribution >= 0.6 is 15.9 Å². The number of halogens is 1. The number of fused-ring (bicyclic) bond motifs is 1. The van der Waals surface area contributed by atoms with Crippen LogP contribution < -0.4 is 10.1 Å². The van der Waals surface area contributed by atoms with Crippen molar-refractivity contribution in [2.75, 3.05) is 18.5 Å². The van der Waals surface area contributed by atoms with Crippen LogP contribution in [0.5, 0.6) is 5.75 Å². The monoisotopic (exact) mass is 214 g/mol. The molecule has 1 aliphatic rings. The Labute approximate surface area is 72.9 Å². The van der Waals surface area contributed by atoms with E-state index < -0.39 is 0 Å². The number of nitrogens with one attached hydrogen (secondary N) is 1. The van der Waals surface area contributed by atoms with Gasteiger partial charge in [0.05, 0.1) is 6.54 Å². The largest absolute Gasteiger partial charge is 0.488 e. The number of pyridine rings is 1. The van der Waals surface area contributed by atoms with Crippen LogP contribution in [0, 0.1) is 0 Å². The van der Waals surface area contributed by atoms with E-state index >= 15 is 0 Å². The van der Waals surface area contributed by atoms with E-state index in [1.165, 1.54) is 0 Å². The molecule has 0 amide bonds. The first-order valence-corrected chi connectivity index (χ1v) is 4.19. The molecule has 0 spiro atoms. The summed E-state index contributed by atoms with van der Waals surface area (Å²) in [7, 11) is 0. The number of rotatable bonds is 0. The lowest BCUT2D eigenvalue weighted by atomic mass is 10.4. The first-order valence-electron chi connectivity index (χ1n) is 3.39. The Balaban J connectivity index is 2.43. The van der Waals surface area contributed by atoms with Gasteiger partial charge in [0.1, 0.15) is 11.2 Å². The van der Waals surface area contributed by atoms with Crippen LogP contribution in [-0.2, 0) is 0 Å². The standard InChI is InChI=1S/C7H7BrN2O/c8-6-2-1-5-7(10-6)9-3-4-11-5/h1-2H,3-4H2,(H,9,10). The number of hydrogen-bond donors (Lipinski definition) is 1. The molecule has 0 bridgehead atoms. The van der Waals surface area contributed by atoms with Crippen LogP contribution in [0.1, 0.15) is 0 Å². The van der Waals surface area contributed by atoms with Crippen LogP contribution in [0.25, 0.3) is 0 Å². The second-order valence-corrected chi connectivity index (χ2v) is 3.07. The molecule has 1 aromatic heterocycles.